The van der Waals surface area contributed by atoms with Crippen LogP contribution in [0.5, 0.6) is 5.88 Å². The summed E-state index contributed by atoms with van der Waals surface area (Å²) >= 11 is 1.24. The minimum atomic E-state index is -0.493. The molecule has 1 rings (SSSR count). The minimum Gasteiger partial charge on any atom is -0.480 e. The van der Waals surface area contributed by atoms with Crippen LogP contribution in [0.15, 0.2) is 0 Å². The maximum atomic E-state index is 10.7. The Morgan fingerprint density at radius 2 is 2.36 bits per heavy atom. The highest BCUT2D eigenvalue weighted by molar-refractivity contribution is 7.13. The summed E-state index contributed by atoms with van der Waals surface area (Å²) < 4.78 is 4.83. The van der Waals surface area contributed by atoms with Crippen LogP contribution in [0.2, 0.25) is 0 Å². The van der Waals surface area contributed by atoms with Crippen LogP contribution in [-0.2, 0) is 0 Å². The van der Waals surface area contributed by atoms with Gasteiger partial charge in [-0.15, -0.1) is 11.3 Å². The number of carbonyl (C=O) groups is 1. The second-order valence-corrected chi connectivity index (χ2v) is 3.14. The average Bonchev–Trinajstić information content (AvgIpc) is 2.30. The molecular weight excluding hydrogens is 164 g/mol. The number of nitrogens with zero attached hydrogens (tertiary/aromatic N) is 1. The monoisotopic (exact) mass is 172 g/mol. The zero-order chi connectivity index (χ0) is 8.43. The molecule has 0 spiro atoms. The molecule has 1 aromatic rings. The molecule has 0 fully saturated rings. The predicted octanol–water partition coefficient (Wildman–Crippen LogP) is 0.559. The number of rotatable bonds is 2. The molecule has 60 valence electrons. The normalized spacial score (nSPS) is 9.64. The van der Waals surface area contributed by atoms with Crippen molar-refractivity contribution in [2.24, 2.45) is 5.73 Å². The van der Waals surface area contributed by atoms with E-state index in [1.807, 2.05) is 0 Å². The van der Waals surface area contributed by atoms with Crippen molar-refractivity contribution in [3.8, 4) is 5.88 Å². The van der Waals surface area contributed by atoms with Gasteiger partial charge in [-0.25, -0.2) is 4.98 Å². The number of thiazole rings is 1. The van der Waals surface area contributed by atoms with E-state index in [2.05, 4.69) is 4.98 Å². The molecule has 0 saturated carbocycles. The lowest BCUT2D eigenvalue weighted by Crippen LogP contribution is -2.10. The van der Waals surface area contributed by atoms with E-state index in [1.54, 1.807) is 6.92 Å². The first-order valence-corrected chi connectivity index (χ1v) is 3.78. The van der Waals surface area contributed by atoms with Gasteiger partial charge < -0.3 is 10.5 Å². The highest BCUT2D eigenvalue weighted by Gasteiger charge is 2.13. The topological polar surface area (TPSA) is 65.2 Å². The fourth-order valence-corrected chi connectivity index (χ4v) is 1.44. The van der Waals surface area contributed by atoms with Crippen molar-refractivity contribution in [1.29, 1.82) is 0 Å². The van der Waals surface area contributed by atoms with Crippen molar-refractivity contribution in [3.63, 3.8) is 0 Å². The zero-order valence-electron chi connectivity index (χ0n) is 6.25. The van der Waals surface area contributed by atoms with Gasteiger partial charge in [-0.2, -0.15) is 0 Å². The second-order valence-electron chi connectivity index (χ2n) is 1.94. The van der Waals surface area contributed by atoms with E-state index in [9.17, 15) is 4.79 Å². The number of methoxy groups -OCH3 is 1. The van der Waals surface area contributed by atoms with Gasteiger partial charge in [-0.3, -0.25) is 4.79 Å². The van der Waals surface area contributed by atoms with Crippen molar-refractivity contribution in [1.82, 2.24) is 4.98 Å². The molecule has 0 bridgehead atoms. The average molecular weight is 172 g/mol. The van der Waals surface area contributed by atoms with Gasteiger partial charge in [0.1, 0.15) is 0 Å². The van der Waals surface area contributed by atoms with Crippen LogP contribution >= 0.6 is 11.3 Å². The van der Waals surface area contributed by atoms with Crippen LogP contribution < -0.4 is 10.5 Å². The Morgan fingerprint density at radius 3 is 2.73 bits per heavy atom. The van der Waals surface area contributed by atoms with E-state index in [-0.39, 0.29) is 0 Å². The molecule has 0 aliphatic heterocycles. The number of aryl methyl sites for hydroxylation is 1. The summed E-state index contributed by atoms with van der Waals surface area (Å²) in [5.74, 6) is -0.174. The van der Waals surface area contributed by atoms with Crippen molar-refractivity contribution >= 4 is 17.2 Å². The molecule has 0 aliphatic rings. The van der Waals surface area contributed by atoms with E-state index in [0.717, 1.165) is 5.01 Å². The number of carbonyl (C=O) groups excluding carboxylic acids is 1. The van der Waals surface area contributed by atoms with E-state index in [4.69, 9.17) is 10.5 Å². The fourth-order valence-electron chi connectivity index (χ4n) is 0.702. The Kier molecular flexibility index (Phi) is 2.09. The molecule has 1 amide bonds. The summed E-state index contributed by atoms with van der Waals surface area (Å²) in [5, 5.41) is 0.774. The Hall–Kier alpha value is -1.10. The Labute approximate surface area is 68.0 Å². The van der Waals surface area contributed by atoms with Crippen LogP contribution in [0.1, 0.15) is 14.7 Å². The third-order valence-corrected chi connectivity index (χ3v) is 2.09. The number of aromatic nitrogens is 1. The van der Waals surface area contributed by atoms with Gasteiger partial charge in [0.25, 0.3) is 5.91 Å². The maximum absolute atomic E-state index is 10.7. The molecule has 1 heterocycles. The number of nitrogens with two attached hydrogens (primary N) is 1. The SMILES string of the molecule is COc1nc(C)sc1C(N)=O. The van der Waals surface area contributed by atoms with Crippen molar-refractivity contribution < 1.29 is 9.53 Å². The van der Waals surface area contributed by atoms with Gasteiger partial charge in [-0.1, -0.05) is 0 Å². The van der Waals surface area contributed by atoms with Crippen LogP contribution in [-0.4, -0.2) is 18.0 Å². The molecule has 2 N–H and O–H groups in total. The van der Waals surface area contributed by atoms with Gasteiger partial charge in [0, 0.05) is 0 Å². The molecule has 1 aromatic heterocycles. The lowest BCUT2D eigenvalue weighted by atomic mass is 10.5. The summed E-state index contributed by atoms with van der Waals surface area (Å²) in [5.41, 5.74) is 5.05. The molecule has 4 nitrogen and oxygen atoms in total. The summed E-state index contributed by atoms with van der Waals surface area (Å²) in [7, 11) is 1.46. The standard InChI is InChI=1S/C6H8N2O2S/c1-3-8-6(10-2)4(11-3)5(7)9/h1-2H3,(H2,7,9). The smallest absolute Gasteiger partial charge is 0.264 e. The quantitative estimate of drug-likeness (QED) is 0.708. The third kappa shape index (κ3) is 1.48. The lowest BCUT2D eigenvalue weighted by molar-refractivity contribution is 0.100. The summed E-state index contributed by atoms with van der Waals surface area (Å²) in [6, 6.07) is 0. The molecule has 5 heteroatoms. The first kappa shape index (κ1) is 8.00. The molecule has 0 unspecified atom stereocenters. The largest absolute Gasteiger partial charge is 0.480 e. The number of hydrogen-bond acceptors (Lipinski definition) is 4. The van der Waals surface area contributed by atoms with Crippen LogP contribution in [0, 0.1) is 6.92 Å². The van der Waals surface area contributed by atoms with E-state index in [0.29, 0.717) is 10.8 Å². The van der Waals surface area contributed by atoms with Gasteiger partial charge in [0.15, 0.2) is 4.88 Å². The van der Waals surface area contributed by atoms with E-state index >= 15 is 0 Å². The maximum Gasteiger partial charge on any atom is 0.264 e. The number of amides is 1. The Bertz CT molecular complexity index is 282. The summed E-state index contributed by atoms with van der Waals surface area (Å²) in [4.78, 5) is 15.0. The van der Waals surface area contributed by atoms with E-state index in [1.165, 1.54) is 18.4 Å². The molecular formula is C6H8N2O2S. The van der Waals surface area contributed by atoms with Crippen molar-refractivity contribution in [2.45, 2.75) is 6.92 Å². The number of ether oxygens (including phenoxy) is 1. The van der Waals surface area contributed by atoms with Crippen molar-refractivity contribution in [2.75, 3.05) is 7.11 Å². The first-order chi connectivity index (χ1) is 5.15. The molecule has 0 radical (unpaired) electrons. The molecule has 0 saturated heterocycles. The van der Waals surface area contributed by atoms with Gasteiger partial charge in [-0.05, 0) is 6.92 Å². The van der Waals surface area contributed by atoms with Crippen LogP contribution in [0.3, 0.4) is 0 Å². The molecule has 0 aliphatic carbocycles. The number of primary amides is 1. The predicted molar refractivity (Wildman–Crippen MR) is 41.9 cm³/mol. The highest BCUT2D eigenvalue weighted by Crippen LogP contribution is 2.23. The van der Waals surface area contributed by atoms with Gasteiger partial charge in [0.05, 0.1) is 12.1 Å². The number of hydrogen-bond donors (Lipinski definition) is 1. The Morgan fingerprint density at radius 1 is 1.73 bits per heavy atom. The zero-order valence-corrected chi connectivity index (χ0v) is 7.07. The van der Waals surface area contributed by atoms with Gasteiger partial charge in [0.2, 0.25) is 5.88 Å². The second kappa shape index (κ2) is 2.87. The first-order valence-electron chi connectivity index (χ1n) is 2.96. The summed E-state index contributed by atoms with van der Waals surface area (Å²) in [6.45, 7) is 1.79. The minimum absolute atomic E-state index is 0.319. The van der Waals surface area contributed by atoms with Crippen LogP contribution in [0.25, 0.3) is 0 Å². The summed E-state index contributed by atoms with van der Waals surface area (Å²) in [6.07, 6.45) is 0. The molecule has 0 atom stereocenters. The highest BCUT2D eigenvalue weighted by atomic mass is 32.1. The van der Waals surface area contributed by atoms with Gasteiger partial charge >= 0.3 is 0 Å². The van der Waals surface area contributed by atoms with Crippen molar-refractivity contribution in [3.05, 3.63) is 9.88 Å². The molecule has 0 aromatic carbocycles. The van der Waals surface area contributed by atoms with Crippen LogP contribution in [0.4, 0.5) is 0 Å². The Balaban J connectivity index is 3.12. The van der Waals surface area contributed by atoms with E-state index < -0.39 is 5.91 Å². The fraction of sp³-hybridized carbons (Fsp3) is 0.333. The molecule has 11 heavy (non-hydrogen) atoms. The lowest BCUT2D eigenvalue weighted by Gasteiger charge is -1.93. The third-order valence-electron chi connectivity index (χ3n) is 1.12.